The lowest BCUT2D eigenvalue weighted by molar-refractivity contribution is 0.685. The molecule has 1 heterocycles. The molecule has 3 heteroatoms. The van der Waals surface area contributed by atoms with E-state index in [0.29, 0.717) is 0 Å². The third kappa shape index (κ3) is 4.58. The van der Waals surface area contributed by atoms with E-state index < -0.39 is 0 Å². The Morgan fingerprint density at radius 2 is 1.86 bits per heavy atom. The highest BCUT2D eigenvalue weighted by Gasteiger charge is 2.19. The Kier molecular flexibility index (Phi) is 4.61. The topological polar surface area (TPSA) is 24.9 Å². The van der Waals surface area contributed by atoms with Crippen molar-refractivity contribution in [3.8, 4) is 0 Å². The summed E-state index contributed by atoms with van der Waals surface area (Å²) < 4.78 is 0. The molecule has 1 aliphatic rings. The van der Waals surface area contributed by atoms with Crippen LogP contribution in [0.25, 0.3) is 0 Å². The summed E-state index contributed by atoms with van der Waals surface area (Å²) in [5.74, 6) is 0.981. The number of nitrogens with zero attached hydrogens (tertiary/aromatic N) is 1. The number of aromatic nitrogens is 1. The number of hydrogen-bond acceptors (Lipinski definition) is 3. The van der Waals surface area contributed by atoms with E-state index >= 15 is 0 Å². The summed E-state index contributed by atoms with van der Waals surface area (Å²) in [6.45, 7) is 5.25. The zero-order chi connectivity index (χ0) is 14.7. The van der Waals surface area contributed by atoms with E-state index in [1.807, 2.05) is 6.20 Å². The second-order valence-corrected chi connectivity index (χ2v) is 6.94. The van der Waals surface area contributed by atoms with Crippen LogP contribution in [0, 0.1) is 13.8 Å². The molecule has 2 nitrogen and oxygen atoms in total. The van der Waals surface area contributed by atoms with Crippen LogP contribution in [0.4, 0.5) is 0 Å². The summed E-state index contributed by atoms with van der Waals surface area (Å²) in [5.41, 5.74) is 5.32. The van der Waals surface area contributed by atoms with Gasteiger partial charge in [-0.05, 0) is 43.9 Å². The Labute approximate surface area is 131 Å². The minimum atomic E-state index is 0.753. The molecular formula is C18H22N2S. The predicted octanol–water partition coefficient (Wildman–Crippen LogP) is 4.24. The normalized spacial score (nSPS) is 14.4. The fourth-order valence-electron chi connectivity index (χ4n) is 2.46. The van der Waals surface area contributed by atoms with Gasteiger partial charge in [0.15, 0.2) is 0 Å². The van der Waals surface area contributed by atoms with Crippen LogP contribution in [-0.4, -0.2) is 11.0 Å². The lowest BCUT2D eigenvalue weighted by Crippen LogP contribution is -2.15. The standard InChI is InChI=1S/C18H22N2S/c1-13-7-14(2)9-16(8-13)12-21-18-6-3-15(11-20-18)10-19-17-4-5-17/h3,6-9,11,17,19H,4-5,10,12H2,1-2H3. The molecule has 0 unspecified atom stereocenters. The summed E-state index contributed by atoms with van der Waals surface area (Å²) in [6.07, 6.45) is 4.66. The Morgan fingerprint density at radius 1 is 1.10 bits per heavy atom. The maximum Gasteiger partial charge on any atom is 0.0963 e. The van der Waals surface area contributed by atoms with Gasteiger partial charge in [-0.3, -0.25) is 0 Å². The molecule has 110 valence electrons. The lowest BCUT2D eigenvalue weighted by atomic mass is 10.1. The number of benzene rings is 1. The van der Waals surface area contributed by atoms with Crippen molar-refractivity contribution in [1.29, 1.82) is 0 Å². The summed E-state index contributed by atoms with van der Waals surface area (Å²) >= 11 is 1.80. The van der Waals surface area contributed by atoms with E-state index in [1.54, 1.807) is 11.8 Å². The second-order valence-electron chi connectivity index (χ2n) is 5.94. The number of rotatable bonds is 6. The average Bonchev–Trinajstić information content (AvgIpc) is 3.27. The molecule has 1 saturated carbocycles. The number of nitrogens with one attached hydrogen (secondary N) is 1. The summed E-state index contributed by atoms with van der Waals surface area (Å²) in [7, 11) is 0. The molecule has 0 bridgehead atoms. The molecule has 2 aromatic rings. The molecule has 1 fully saturated rings. The van der Waals surface area contributed by atoms with E-state index in [2.05, 4.69) is 54.5 Å². The van der Waals surface area contributed by atoms with Gasteiger partial charge >= 0.3 is 0 Å². The molecule has 0 atom stereocenters. The largest absolute Gasteiger partial charge is 0.310 e. The number of aryl methyl sites for hydroxylation is 2. The average molecular weight is 298 g/mol. The van der Waals surface area contributed by atoms with Crippen LogP contribution in [-0.2, 0) is 12.3 Å². The molecule has 1 aliphatic carbocycles. The summed E-state index contributed by atoms with van der Waals surface area (Å²) in [4.78, 5) is 4.56. The SMILES string of the molecule is Cc1cc(C)cc(CSc2ccc(CNC3CC3)cn2)c1. The van der Waals surface area contributed by atoms with Crippen molar-refractivity contribution < 1.29 is 0 Å². The maximum atomic E-state index is 4.56. The molecule has 1 N–H and O–H groups in total. The van der Waals surface area contributed by atoms with Crippen LogP contribution in [0.5, 0.6) is 0 Å². The highest BCUT2D eigenvalue weighted by Crippen LogP contribution is 2.23. The molecule has 21 heavy (non-hydrogen) atoms. The quantitative estimate of drug-likeness (QED) is 0.807. The van der Waals surface area contributed by atoms with Crippen LogP contribution >= 0.6 is 11.8 Å². The Balaban J connectivity index is 1.54. The van der Waals surface area contributed by atoms with E-state index in [1.165, 1.54) is 35.1 Å². The van der Waals surface area contributed by atoms with Gasteiger partial charge in [-0.1, -0.05) is 35.4 Å². The molecule has 0 saturated heterocycles. The maximum absolute atomic E-state index is 4.56. The van der Waals surface area contributed by atoms with E-state index in [4.69, 9.17) is 0 Å². The molecule has 0 spiro atoms. The molecule has 0 radical (unpaired) electrons. The number of pyridine rings is 1. The van der Waals surface area contributed by atoms with Crippen molar-refractivity contribution in [2.24, 2.45) is 0 Å². The van der Waals surface area contributed by atoms with Gasteiger partial charge in [-0.15, -0.1) is 11.8 Å². The Morgan fingerprint density at radius 3 is 2.48 bits per heavy atom. The van der Waals surface area contributed by atoms with E-state index in [9.17, 15) is 0 Å². The van der Waals surface area contributed by atoms with Gasteiger partial charge in [0.2, 0.25) is 0 Å². The van der Waals surface area contributed by atoms with Gasteiger partial charge in [0.1, 0.15) is 0 Å². The first kappa shape index (κ1) is 14.6. The molecule has 0 amide bonds. The van der Waals surface area contributed by atoms with Gasteiger partial charge in [-0.25, -0.2) is 4.98 Å². The Bertz CT molecular complexity index is 583. The molecule has 0 aliphatic heterocycles. The van der Waals surface area contributed by atoms with Crippen LogP contribution < -0.4 is 5.32 Å². The molecule has 1 aromatic carbocycles. The first-order valence-electron chi connectivity index (χ1n) is 7.57. The highest BCUT2D eigenvalue weighted by molar-refractivity contribution is 7.98. The fourth-order valence-corrected chi connectivity index (χ4v) is 3.23. The van der Waals surface area contributed by atoms with Gasteiger partial charge in [0.25, 0.3) is 0 Å². The van der Waals surface area contributed by atoms with Crippen molar-refractivity contribution in [2.45, 2.75) is 50.1 Å². The smallest absolute Gasteiger partial charge is 0.0963 e. The number of thioether (sulfide) groups is 1. The van der Waals surface area contributed by atoms with E-state index in [0.717, 1.165) is 23.4 Å². The Hall–Kier alpha value is -1.32. The molecular weight excluding hydrogens is 276 g/mol. The van der Waals surface area contributed by atoms with Crippen molar-refractivity contribution in [1.82, 2.24) is 10.3 Å². The second kappa shape index (κ2) is 6.63. The van der Waals surface area contributed by atoms with E-state index in [-0.39, 0.29) is 0 Å². The summed E-state index contributed by atoms with van der Waals surface area (Å²) in [5, 5.41) is 4.62. The monoisotopic (exact) mass is 298 g/mol. The minimum absolute atomic E-state index is 0.753. The van der Waals surface area contributed by atoms with Gasteiger partial charge in [-0.2, -0.15) is 0 Å². The van der Waals surface area contributed by atoms with Gasteiger partial charge in [0.05, 0.1) is 5.03 Å². The van der Waals surface area contributed by atoms with Gasteiger partial charge in [0, 0.05) is 24.5 Å². The third-order valence-electron chi connectivity index (χ3n) is 3.64. The predicted molar refractivity (Wildman–Crippen MR) is 89.6 cm³/mol. The summed E-state index contributed by atoms with van der Waals surface area (Å²) in [6, 6.07) is 11.8. The van der Waals surface area contributed by atoms with Crippen LogP contribution in [0.2, 0.25) is 0 Å². The van der Waals surface area contributed by atoms with Crippen LogP contribution in [0.3, 0.4) is 0 Å². The zero-order valence-electron chi connectivity index (χ0n) is 12.7. The van der Waals surface area contributed by atoms with Crippen molar-refractivity contribution >= 4 is 11.8 Å². The third-order valence-corrected chi connectivity index (χ3v) is 4.65. The fraction of sp³-hybridized carbons (Fsp3) is 0.389. The van der Waals surface area contributed by atoms with Crippen molar-refractivity contribution in [2.75, 3.05) is 0 Å². The lowest BCUT2D eigenvalue weighted by Gasteiger charge is -2.06. The van der Waals surface area contributed by atoms with Gasteiger partial charge < -0.3 is 5.32 Å². The zero-order valence-corrected chi connectivity index (χ0v) is 13.5. The van der Waals surface area contributed by atoms with Crippen LogP contribution in [0.1, 0.15) is 35.1 Å². The first-order chi connectivity index (χ1) is 10.2. The van der Waals surface area contributed by atoms with Crippen LogP contribution in [0.15, 0.2) is 41.6 Å². The molecule has 3 rings (SSSR count). The van der Waals surface area contributed by atoms with Crippen molar-refractivity contribution in [3.63, 3.8) is 0 Å². The molecule has 1 aromatic heterocycles. The highest BCUT2D eigenvalue weighted by atomic mass is 32.2. The first-order valence-corrected chi connectivity index (χ1v) is 8.56. The number of hydrogen-bond donors (Lipinski definition) is 1. The van der Waals surface area contributed by atoms with Crippen molar-refractivity contribution in [3.05, 3.63) is 58.8 Å². The minimum Gasteiger partial charge on any atom is -0.310 e.